The van der Waals surface area contributed by atoms with E-state index in [0.717, 1.165) is 12.0 Å². The minimum Gasteiger partial charge on any atom is -0.734 e. The fraction of sp³-hybridized carbons (Fsp3) is 0.250. The summed E-state index contributed by atoms with van der Waals surface area (Å²) in [5.41, 5.74) is 3.75. The summed E-state index contributed by atoms with van der Waals surface area (Å²) in [4.78, 5) is 1.65. The summed E-state index contributed by atoms with van der Waals surface area (Å²) in [5.74, 6) is 0.591. The van der Waals surface area contributed by atoms with Gasteiger partial charge in [0.25, 0.3) is 0 Å². The molecule has 0 fully saturated rings. The molecular formula is C8H9KN2O4S. The Bertz CT molecular complexity index is 477. The van der Waals surface area contributed by atoms with E-state index in [1.54, 1.807) is 17.0 Å². The summed E-state index contributed by atoms with van der Waals surface area (Å²) in [6.07, 6.45) is 0.787. The molecule has 0 amide bonds. The van der Waals surface area contributed by atoms with Crippen LogP contribution in [0, 0.1) is 0 Å². The Labute approximate surface area is 136 Å². The van der Waals surface area contributed by atoms with E-state index >= 15 is 0 Å². The van der Waals surface area contributed by atoms with Gasteiger partial charge in [0.05, 0.1) is 12.3 Å². The summed E-state index contributed by atoms with van der Waals surface area (Å²) in [6, 6.07) is 5.27. The molecule has 0 saturated heterocycles. The van der Waals surface area contributed by atoms with Crippen LogP contribution in [-0.4, -0.2) is 19.6 Å². The van der Waals surface area contributed by atoms with Crippen molar-refractivity contribution in [3.63, 3.8) is 0 Å². The molecule has 0 bridgehead atoms. The zero-order valence-corrected chi connectivity index (χ0v) is 12.6. The number of hydrogen-bond acceptors (Lipinski definition) is 5. The fourth-order valence-electron chi connectivity index (χ4n) is 1.43. The Hall–Kier alpha value is 0.326. The van der Waals surface area contributed by atoms with Crippen LogP contribution in [0.2, 0.25) is 0 Å². The fourth-order valence-corrected chi connectivity index (χ4v) is 1.67. The number of nitrogens with one attached hydrogen (secondary N) is 2. The van der Waals surface area contributed by atoms with Gasteiger partial charge in [0, 0.05) is 6.42 Å². The van der Waals surface area contributed by atoms with Gasteiger partial charge in [-0.1, -0.05) is 12.1 Å². The van der Waals surface area contributed by atoms with E-state index in [4.69, 9.17) is 4.74 Å². The van der Waals surface area contributed by atoms with Crippen molar-refractivity contribution in [2.75, 3.05) is 12.0 Å². The first-order valence-corrected chi connectivity index (χ1v) is 5.70. The van der Waals surface area contributed by atoms with E-state index in [1.165, 1.54) is 0 Å². The van der Waals surface area contributed by atoms with Crippen molar-refractivity contribution in [2.45, 2.75) is 6.42 Å². The third-order valence-electron chi connectivity index (χ3n) is 2.03. The van der Waals surface area contributed by atoms with E-state index in [9.17, 15) is 13.0 Å². The van der Waals surface area contributed by atoms with Crippen molar-refractivity contribution in [3.05, 3.63) is 23.8 Å². The van der Waals surface area contributed by atoms with E-state index in [2.05, 4.69) is 5.43 Å². The number of fused-ring (bicyclic) bond motifs is 1. The van der Waals surface area contributed by atoms with Crippen molar-refractivity contribution < 1.29 is 69.1 Å². The van der Waals surface area contributed by atoms with Crippen LogP contribution < -0.4 is 66.4 Å². The average Bonchev–Trinajstić information content (AvgIpc) is 2.61. The molecule has 0 aliphatic carbocycles. The molecule has 0 aromatic heterocycles. The maximum atomic E-state index is 10.3. The molecule has 0 radical (unpaired) electrons. The van der Waals surface area contributed by atoms with E-state index in [0.29, 0.717) is 18.0 Å². The molecule has 1 aliphatic rings. The van der Waals surface area contributed by atoms with Gasteiger partial charge in [-0.2, -0.15) is 0 Å². The molecule has 8 heteroatoms. The second-order valence-electron chi connectivity index (χ2n) is 3.07. The topological polar surface area (TPSA) is 90.5 Å². The van der Waals surface area contributed by atoms with Gasteiger partial charge >= 0.3 is 51.4 Å². The maximum absolute atomic E-state index is 10.3. The van der Waals surface area contributed by atoms with Gasteiger partial charge in [-0.15, -0.1) is 4.83 Å². The molecule has 0 atom stereocenters. The molecule has 82 valence electrons. The van der Waals surface area contributed by atoms with Crippen LogP contribution in [0.1, 0.15) is 5.56 Å². The minimum atomic E-state index is -4.51. The average molecular weight is 268 g/mol. The summed E-state index contributed by atoms with van der Waals surface area (Å²) in [6.45, 7) is 0.568. The normalized spacial score (nSPS) is 13.6. The van der Waals surface area contributed by atoms with E-state index < -0.39 is 10.3 Å². The Morgan fingerprint density at radius 1 is 1.38 bits per heavy atom. The second kappa shape index (κ2) is 5.78. The van der Waals surface area contributed by atoms with Crippen molar-refractivity contribution in [2.24, 2.45) is 0 Å². The standard InChI is InChI=1S/C8H10N2O4S.K/c11-15(12,13)10-9-7-3-1-2-6-4-5-14-8(6)7;/h1-3,9-10H,4-5H2,(H,11,12,13);/q;+1/p-1. The smallest absolute Gasteiger partial charge is 0.734 e. The largest absolute Gasteiger partial charge is 1.00 e. The number of benzene rings is 1. The SMILES string of the molecule is O=S(=O)([O-])NNc1cccc2c1OCC2.[K+]. The van der Waals surface area contributed by atoms with Crippen molar-refractivity contribution in [1.82, 2.24) is 4.83 Å². The first kappa shape index (κ1) is 14.4. The Kier molecular flexibility index (Phi) is 5.20. The number of ether oxygens (including phenoxy) is 1. The monoisotopic (exact) mass is 268 g/mol. The Balaban J connectivity index is 0.00000128. The molecule has 1 heterocycles. The Morgan fingerprint density at radius 2 is 2.12 bits per heavy atom. The molecule has 2 rings (SSSR count). The number of hydrazine groups is 1. The third kappa shape index (κ3) is 3.67. The van der Waals surface area contributed by atoms with Crippen molar-refractivity contribution in [3.8, 4) is 5.75 Å². The predicted octanol–water partition coefficient (Wildman–Crippen LogP) is -3.00. The first-order valence-electron chi connectivity index (χ1n) is 4.29. The number of anilines is 1. The van der Waals surface area contributed by atoms with Gasteiger partial charge in [0.15, 0.2) is 10.3 Å². The second-order valence-corrected chi connectivity index (χ2v) is 4.19. The van der Waals surface area contributed by atoms with Crippen LogP contribution in [0.3, 0.4) is 0 Å². The summed E-state index contributed by atoms with van der Waals surface area (Å²) in [7, 11) is -4.51. The zero-order chi connectivity index (χ0) is 10.9. The number of para-hydroxylation sites is 1. The predicted molar refractivity (Wildman–Crippen MR) is 52.1 cm³/mol. The molecule has 2 N–H and O–H groups in total. The summed E-state index contributed by atoms with van der Waals surface area (Å²) in [5, 5.41) is 0. The van der Waals surface area contributed by atoms with Crippen LogP contribution in [0.4, 0.5) is 5.69 Å². The molecular weight excluding hydrogens is 259 g/mol. The number of rotatable bonds is 3. The molecule has 0 unspecified atom stereocenters. The van der Waals surface area contributed by atoms with Crippen molar-refractivity contribution >= 4 is 16.0 Å². The van der Waals surface area contributed by atoms with Gasteiger partial charge in [-0.3, -0.25) is 0 Å². The van der Waals surface area contributed by atoms with Gasteiger partial charge in [0.1, 0.15) is 5.75 Å². The van der Waals surface area contributed by atoms with Crippen LogP contribution in [-0.2, 0) is 16.7 Å². The van der Waals surface area contributed by atoms with Crippen LogP contribution in [0.15, 0.2) is 18.2 Å². The van der Waals surface area contributed by atoms with Gasteiger partial charge in [-0.25, -0.2) is 8.42 Å². The van der Waals surface area contributed by atoms with Crippen LogP contribution in [0.25, 0.3) is 0 Å². The van der Waals surface area contributed by atoms with Crippen LogP contribution in [0.5, 0.6) is 5.75 Å². The third-order valence-corrected chi connectivity index (χ3v) is 2.38. The van der Waals surface area contributed by atoms with E-state index in [-0.39, 0.29) is 51.4 Å². The van der Waals surface area contributed by atoms with Crippen LogP contribution >= 0.6 is 0 Å². The molecule has 0 spiro atoms. The van der Waals surface area contributed by atoms with Gasteiger partial charge in [-0.05, 0) is 11.6 Å². The minimum absolute atomic E-state index is 0. The van der Waals surface area contributed by atoms with E-state index in [1.807, 2.05) is 6.07 Å². The quantitative estimate of drug-likeness (QED) is 0.346. The zero-order valence-electron chi connectivity index (χ0n) is 8.69. The summed E-state index contributed by atoms with van der Waals surface area (Å²) >= 11 is 0. The molecule has 1 aliphatic heterocycles. The van der Waals surface area contributed by atoms with Gasteiger partial charge < -0.3 is 14.7 Å². The van der Waals surface area contributed by atoms with Gasteiger partial charge in [0.2, 0.25) is 0 Å². The molecule has 1 aromatic rings. The summed E-state index contributed by atoms with van der Waals surface area (Å²) < 4.78 is 36.3. The molecule has 16 heavy (non-hydrogen) atoms. The molecule has 0 saturated carbocycles. The number of hydrogen-bond donors (Lipinski definition) is 2. The molecule has 6 nitrogen and oxygen atoms in total. The van der Waals surface area contributed by atoms with Crippen molar-refractivity contribution in [1.29, 1.82) is 0 Å². The molecule has 1 aromatic carbocycles. The maximum Gasteiger partial charge on any atom is 1.00 e. The first-order chi connectivity index (χ1) is 7.06. The Morgan fingerprint density at radius 3 is 2.81 bits per heavy atom.